The first-order valence-electron chi connectivity index (χ1n) is 8.46. The van der Waals surface area contributed by atoms with Crippen LogP contribution in [-0.4, -0.2) is 33.4 Å². The normalized spacial score (nSPS) is 21.4. The van der Waals surface area contributed by atoms with E-state index in [2.05, 4.69) is 43.1 Å². The van der Waals surface area contributed by atoms with Gasteiger partial charge in [0.1, 0.15) is 12.4 Å². The third-order valence-corrected chi connectivity index (χ3v) is 4.94. The van der Waals surface area contributed by atoms with E-state index < -0.39 is 0 Å². The molecule has 0 unspecified atom stereocenters. The zero-order valence-electron chi connectivity index (χ0n) is 14.0. The maximum Gasteiger partial charge on any atom is 0.242 e. The number of carbonyl (C=O) groups is 1. The molecule has 1 aromatic carbocycles. The van der Waals surface area contributed by atoms with Gasteiger partial charge in [0.25, 0.3) is 0 Å². The zero-order valence-corrected chi connectivity index (χ0v) is 14.0. The van der Waals surface area contributed by atoms with Crippen molar-refractivity contribution in [2.45, 2.75) is 45.1 Å². The number of benzene rings is 1. The van der Waals surface area contributed by atoms with Crippen LogP contribution in [0.4, 0.5) is 0 Å². The molecule has 1 saturated heterocycles. The average molecular weight is 311 g/mol. The Hall–Kier alpha value is -2.10. The van der Waals surface area contributed by atoms with Crippen LogP contribution in [0.1, 0.15) is 38.1 Å². The number of amides is 1. The maximum absolute atomic E-state index is 12.7. The van der Waals surface area contributed by atoms with Crippen molar-refractivity contribution in [3.63, 3.8) is 0 Å². The Morgan fingerprint density at radius 3 is 2.83 bits per heavy atom. The van der Waals surface area contributed by atoms with Gasteiger partial charge in [-0.3, -0.25) is 4.79 Å². The Morgan fingerprint density at radius 2 is 2.09 bits per heavy atom. The Bertz CT molecular complexity index is 664. The van der Waals surface area contributed by atoms with Crippen molar-refractivity contribution in [3.05, 3.63) is 54.1 Å². The van der Waals surface area contributed by atoms with Crippen molar-refractivity contribution in [2.24, 2.45) is 0 Å². The second-order valence-corrected chi connectivity index (χ2v) is 6.67. The lowest BCUT2D eigenvalue weighted by Crippen LogP contribution is -2.48. The van der Waals surface area contributed by atoms with Crippen LogP contribution in [0.25, 0.3) is 0 Å². The Balaban J connectivity index is 1.72. The SMILES string of the molecule is CCc1nccn1CC(=O)N1CCC[C@](C)(c2ccccc2)C1. The number of piperidine rings is 1. The Morgan fingerprint density at radius 1 is 1.30 bits per heavy atom. The molecule has 1 fully saturated rings. The monoisotopic (exact) mass is 311 g/mol. The molecule has 0 aliphatic carbocycles. The number of hydrogen-bond acceptors (Lipinski definition) is 2. The number of hydrogen-bond donors (Lipinski definition) is 0. The van der Waals surface area contributed by atoms with Gasteiger partial charge in [0.2, 0.25) is 5.91 Å². The highest BCUT2D eigenvalue weighted by atomic mass is 16.2. The molecule has 4 nitrogen and oxygen atoms in total. The summed E-state index contributed by atoms with van der Waals surface area (Å²) in [6.07, 6.45) is 6.71. The van der Waals surface area contributed by atoms with E-state index in [9.17, 15) is 4.79 Å². The van der Waals surface area contributed by atoms with Crippen LogP contribution in [0, 0.1) is 0 Å². The standard InChI is InChI=1S/C19H25N3O/c1-3-17-20-11-13-21(17)14-18(23)22-12-7-10-19(2,15-22)16-8-5-4-6-9-16/h4-6,8-9,11,13H,3,7,10,12,14-15H2,1-2H3/t19-/m0/s1. The van der Waals surface area contributed by atoms with E-state index in [1.54, 1.807) is 6.20 Å². The molecule has 1 atom stereocenters. The van der Waals surface area contributed by atoms with Crippen LogP contribution in [0.15, 0.2) is 42.7 Å². The highest BCUT2D eigenvalue weighted by molar-refractivity contribution is 5.76. The van der Waals surface area contributed by atoms with Crippen LogP contribution in [0.5, 0.6) is 0 Å². The molecule has 0 spiro atoms. The van der Waals surface area contributed by atoms with Gasteiger partial charge >= 0.3 is 0 Å². The quantitative estimate of drug-likeness (QED) is 0.870. The fourth-order valence-electron chi connectivity index (χ4n) is 3.57. The largest absolute Gasteiger partial charge is 0.340 e. The summed E-state index contributed by atoms with van der Waals surface area (Å²) >= 11 is 0. The molecule has 4 heteroatoms. The van der Waals surface area contributed by atoms with Gasteiger partial charge in [-0.25, -0.2) is 4.98 Å². The van der Waals surface area contributed by atoms with Gasteiger partial charge < -0.3 is 9.47 Å². The van der Waals surface area contributed by atoms with Crippen molar-refractivity contribution < 1.29 is 4.79 Å². The number of imidazole rings is 1. The summed E-state index contributed by atoms with van der Waals surface area (Å²) in [7, 11) is 0. The minimum Gasteiger partial charge on any atom is -0.340 e. The van der Waals surface area contributed by atoms with Gasteiger partial charge in [0.05, 0.1) is 0 Å². The first-order valence-corrected chi connectivity index (χ1v) is 8.46. The molecule has 1 aliphatic rings. The summed E-state index contributed by atoms with van der Waals surface area (Å²) in [5, 5.41) is 0. The van der Waals surface area contributed by atoms with Gasteiger partial charge in [-0.05, 0) is 18.4 Å². The Labute approximate surface area is 138 Å². The van der Waals surface area contributed by atoms with E-state index in [0.29, 0.717) is 6.54 Å². The van der Waals surface area contributed by atoms with Crippen molar-refractivity contribution >= 4 is 5.91 Å². The fraction of sp³-hybridized carbons (Fsp3) is 0.474. The lowest BCUT2D eigenvalue weighted by atomic mass is 9.76. The average Bonchev–Trinajstić information content (AvgIpc) is 3.03. The van der Waals surface area contributed by atoms with Crippen LogP contribution in [-0.2, 0) is 23.2 Å². The highest BCUT2D eigenvalue weighted by Gasteiger charge is 2.34. The number of aromatic nitrogens is 2. The molecule has 0 saturated carbocycles. The van der Waals surface area contributed by atoms with Gasteiger partial charge in [0, 0.05) is 37.3 Å². The van der Waals surface area contributed by atoms with Crippen molar-refractivity contribution in [2.75, 3.05) is 13.1 Å². The number of nitrogens with zero attached hydrogens (tertiary/aromatic N) is 3. The van der Waals surface area contributed by atoms with E-state index in [0.717, 1.165) is 38.2 Å². The van der Waals surface area contributed by atoms with Gasteiger partial charge in [-0.1, -0.05) is 44.2 Å². The number of rotatable bonds is 4. The second kappa shape index (κ2) is 6.57. The van der Waals surface area contributed by atoms with E-state index in [1.807, 2.05) is 21.7 Å². The predicted octanol–water partition coefficient (Wildman–Crippen LogP) is 3.03. The Kier molecular flexibility index (Phi) is 4.51. The minimum atomic E-state index is 0.0533. The summed E-state index contributed by atoms with van der Waals surface area (Å²) in [5.41, 5.74) is 1.38. The smallest absolute Gasteiger partial charge is 0.242 e. The molecule has 122 valence electrons. The van der Waals surface area contributed by atoms with Gasteiger partial charge in [-0.2, -0.15) is 0 Å². The van der Waals surface area contributed by atoms with Crippen LogP contribution in [0.3, 0.4) is 0 Å². The fourth-order valence-corrected chi connectivity index (χ4v) is 3.57. The molecule has 0 bridgehead atoms. The highest BCUT2D eigenvalue weighted by Crippen LogP contribution is 2.33. The summed E-state index contributed by atoms with van der Waals surface area (Å²) < 4.78 is 1.97. The molecule has 23 heavy (non-hydrogen) atoms. The van der Waals surface area contributed by atoms with Crippen LogP contribution < -0.4 is 0 Å². The van der Waals surface area contributed by atoms with E-state index in [1.165, 1.54) is 5.56 Å². The molecule has 0 radical (unpaired) electrons. The molecule has 1 aromatic heterocycles. The second-order valence-electron chi connectivity index (χ2n) is 6.67. The predicted molar refractivity (Wildman–Crippen MR) is 91.2 cm³/mol. The number of aryl methyl sites for hydroxylation is 1. The van der Waals surface area contributed by atoms with Crippen molar-refractivity contribution in [1.82, 2.24) is 14.5 Å². The first-order chi connectivity index (χ1) is 11.1. The lowest BCUT2D eigenvalue weighted by molar-refractivity contribution is -0.134. The molecule has 2 aromatic rings. The van der Waals surface area contributed by atoms with Gasteiger partial charge in [0.15, 0.2) is 0 Å². The molecular weight excluding hydrogens is 286 g/mol. The van der Waals surface area contributed by atoms with Crippen molar-refractivity contribution in [3.8, 4) is 0 Å². The van der Waals surface area contributed by atoms with Crippen LogP contribution >= 0.6 is 0 Å². The topological polar surface area (TPSA) is 38.1 Å². The maximum atomic E-state index is 12.7. The lowest BCUT2D eigenvalue weighted by Gasteiger charge is -2.41. The molecule has 1 amide bonds. The molecule has 1 aliphatic heterocycles. The summed E-state index contributed by atoms with van der Waals surface area (Å²) in [6, 6.07) is 10.6. The van der Waals surface area contributed by atoms with Crippen LogP contribution in [0.2, 0.25) is 0 Å². The van der Waals surface area contributed by atoms with E-state index in [4.69, 9.17) is 0 Å². The molecule has 0 N–H and O–H groups in total. The molecular formula is C19H25N3O. The number of likely N-dealkylation sites (tertiary alicyclic amines) is 1. The third kappa shape index (κ3) is 3.31. The third-order valence-electron chi connectivity index (χ3n) is 4.94. The summed E-state index contributed by atoms with van der Waals surface area (Å²) in [6.45, 7) is 6.39. The molecule has 2 heterocycles. The molecule has 3 rings (SSSR count). The van der Waals surface area contributed by atoms with E-state index >= 15 is 0 Å². The zero-order chi connectivity index (χ0) is 16.3. The summed E-state index contributed by atoms with van der Waals surface area (Å²) in [5.74, 6) is 1.17. The van der Waals surface area contributed by atoms with Crippen molar-refractivity contribution in [1.29, 1.82) is 0 Å². The summed E-state index contributed by atoms with van der Waals surface area (Å²) in [4.78, 5) is 19.1. The number of carbonyl (C=O) groups excluding carboxylic acids is 1. The minimum absolute atomic E-state index is 0.0533. The van der Waals surface area contributed by atoms with Gasteiger partial charge in [-0.15, -0.1) is 0 Å². The van der Waals surface area contributed by atoms with E-state index in [-0.39, 0.29) is 11.3 Å². The first kappa shape index (κ1) is 15.8.